The molecule has 4 nitrogen and oxygen atoms in total. The van der Waals surface area contributed by atoms with Gasteiger partial charge in [-0.2, -0.15) is 0 Å². The van der Waals surface area contributed by atoms with E-state index in [-0.39, 0.29) is 11.3 Å². The van der Waals surface area contributed by atoms with Gasteiger partial charge in [-0.25, -0.2) is 9.18 Å². The van der Waals surface area contributed by atoms with Crippen LogP contribution in [0.3, 0.4) is 0 Å². The number of halogens is 1. The van der Waals surface area contributed by atoms with E-state index in [1.165, 1.54) is 12.1 Å². The molecule has 0 saturated heterocycles. The lowest BCUT2D eigenvalue weighted by Crippen LogP contribution is -2.03. The molecule has 0 bridgehead atoms. The van der Waals surface area contributed by atoms with E-state index in [4.69, 9.17) is 4.74 Å². The SMILES string of the molecule is COc1ccc(-c2cccc(Nc3cc(F)ccc3C(=O)O)c2)cc1. The van der Waals surface area contributed by atoms with Crippen LogP contribution < -0.4 is 10.1 Å². The fourth-order valence-electron chi connectivity index (χ4n) is 2.52. The second kappa shape index (κ2) is 7.05. The van der Waals surface area contributed by atoms with E-state index < -0.39 is 11.8 Å². The molecule has 0 amide bonds. The number of carboxylic acids is 1. The maximum atomic E-state index is 13.5. The van der Waals surface area contributed by atoms with Gasteiger partial charge in [-0.05, 0) is 53.6 Å². The van der Waals surface area contributed by atoms with E-state index in [1.807, 2.05) is 42.5 Å². The summed E-state index contributed by atoms with van der Waals surface area (Å²) in [7, 11) is 1.61. The third-order valence-corrected chi connectivity index (χ3v) is 3.78. The van der Waals surface area contributed by atoms with Crippen LogP contribution in [0.25, 0.3) is 11.1 Å². The van der Waals surface area contributed by atoms with Gasteiger partial charge in [0.25, 0.3) is 0 Å². The predicted molar refractivity (Wildman–Crippen MR) is 95.1 cm³/mol. The average molecular weight is 337 g/mol. The minimum Gasteiger partial charge on any atom is -0.497 e. The molecule has 0 aromatic heterocycles. The van der Waals surface area contributed by atoms with Crippen molar-refractivity contribution in [1.82, 2.24) is 0 Å². The summed E-state index contributed by atoms with van der Waals surface area (Å²) in [6.07, 6.45) is 0. The van der Waals surface area contributed by atoms with Gasteiger partial charge in [0.05, 0.1) is 18.4 Å². The van der Waals surface area contributed by atoms with Gasteiger partial charge in [0.15, 0.2) is 0 Å². The zero-order valence-electron chi connectivity index (χ0n) is 13.5. The predicted octanol–water partition coefficient (Wildman–Crippen LogP) is 4.94. The molecule has 0 aliphatic rings. The largest absolute Gasteiger partial charge is 0.497 e. The van der Waals surface area contributed by atoms with Crippen LogP contribution in [0.4, 0.5) is 15.8 Å². The standard InChI is InChI=1S/C20H16FNO3/c1-25-17-8-5-13(6-9-17)14-3-2-4-16(11-14)22-19-12-15(21)7-10-18(19)20(23)24/h2-12,22H,1H3,(H,23,24). The summed E-state index contributed by atoms with van der Waals surface area (Å²) in [4.78, 5) is 11.3. The fourth-order valence-corrected chi connectivity index (χ4v) is 2.52. The van der Waals surface area contributed by atoms with Crippen LogP contribution in [-0.4, -0.2) is 18.2 Å². The molecule has 0 saturated carbocycles. The summed E-state index contributed by atoms with van der Waals surface area (Å²) in [5.41, 5.74) is 2.82. The molecule has 0 heterocycles. The van der Waals surface area contributed by atoms with Crippen molar-refractivity contribution in [3.63, 3.8) is 0 Å². The monoisotopic (exact) mass is 337 g/mol. The smallest absolute Gasteiger partial charge is 0.337 e. The lowest BCUT2D eigenvalue weighted by molar-refractivity contribution is 0.0698. The summed E-state index contributed by atoms with van der Waals surface area (Å²) in [6.45, 7) is 0. The van der Waals surface area contributed by atoms with Gasteiger partial charge in [-0.3, -0.25) is 0 Å². The van der Waals surface area contributed by atoms with Crippen molar-refractivity contribution in [3.05, 3.63) is 78.1 Å². The number of anilines is 2. The van der Waals surface area contributed by atoms with Crippen molar-refractivity contribution < 1.29 is 19.0 Å². The van der Waals surface area contributed by atoms with E-state index >= 15 is 0 Å². The Kier molecular flexibility index (Phi) is 4.66. The molecule has 3 rings (SSSR count). The first-order valence-electron chi connectivity index (χ1n) is 7.61. The highest BCUT2D eigenvalue weighted by Crippen LogP contribution is 2.28. The van der Waals surface area contributed by atoms with E-state index in [1.54, 1.807) is 13.2 Å². The van der Waals surface area contributed by atoms with Crippen molar-refractivity contribution in [2.75, 3.05) is 12.4 Å². The zero-order valence-corrected chi connectivity index (χ0v) is 13.5. The molecule has 0 atom stereocenters. The number of methoxy groups -OCH3 is 1. The second-order valence-electron chi connectivity index (χ2n) is 5.43. The molecule has 0 radical (unpaired) electrons. The molecular weight excluding hydrogens is 321 g/mol. The first-order chi connectivity index (χ1) is 12.1. The number of nitrogens with one attached hydrogen (secondary N) is 1. The van der Waals surface area contributed by atoms with Gasteiger partial charge in [0, 0.05) is 5.69 Å². The zero-order chi connectivity index (χ0) is 17.8. The Balaban J connectivity index is 1.92. The molecule has 0 spiro atoms. The Hall–Kier alpha value is -3.34. The molecule has 0 aliphatic heterocycles. The van der Waals surface area contributed by atoms with Gasteiger partial charge >= 0.3 is 5.97 Å². The number of ether oxygens (including phenoxy) is 1. The van der Waals surface area contributed by atoms with Crippen molar-refractivity contribution >= 4 is 17.3 Å². The number of hydrogen-bond acceptors (Lipinski definition) is 3. The summed E-state index contributed by atoms with van der Waals surface area (Å²) in [5.74, 6) is -0.850. The van der Waals surface area contributed by atoms with Crippen molar-refractivity contribution in [2.24, 2.45) is 0 Å². The number of aromatic carboxylic acids is 1. The molecule has 5 heteroatoms. The first kappa shape index (κ1) is 16.5. The van der Waals surface area contributed by atoms with Gasteiger partial charge < -0.3 is 15.2 Å². The lowest BCUT2D eigenvalue weighted by Gasteiger charge is -2.11. The second-order valence-corrected chi connectivity index (χ2v) is 5.43. The number of rotatable bonds is 5. The Bertz CT molecular complexity index is 907. The van der Waals surface area contributed by atoms with Gasteiger partial charge in [-0.1, -0.05) is 24.3 Å². The number of carbonyl (C=O) groups is 1. The van der Waals surface area contributed by atoms with Crippen LogP contribution in [0.2, 0.25) is 0 Å². The van der Waals surface area contributed by atoms with Crippen LogP contribution >= 0.6 is 0 Å². The molecule has 3 aromatic rings. The molecular formula is C20H16FNO3. The Morgan fingerprint density at radius 2 is 1.76 bits per heavy atom. The topological polar surface area (TPSA) is 58.6 Å². The van der Waals surface area contributed by atoms with E-state index in [9.17, 15) is 14.3 Å². The normalized spacial score (nSPS) is 10.3. The van der Waals surface area contributed by atoms with Gasteiger partial charge in [0.2, 0.25) is 0 Å². The minimum absolute atomic E-state index is 0.0104. The molecule has 126 valence electrons. The van der Waals surface area contributed by atoms with Crippen LogP contribution in [0, 0.1) is 5.82 Å². The van der Waals surface area contributed by atoms with Crippen LogP contribution in [0.5, 0.6) is 5.75 Å². The molecule has 25 heavy (non-hydrogen) atoms. The van der Waals surface area contributed by atoms with Crippen LogP contribution in [-0.2, 0) is 0 Å². The minimum atomic E-state index is -1.12. The number of benzene rings is 3. The summed E-state index contributed by atoms with van der Waals surface area (Å²) >= 11 is 0. The quantitative estimate of drug-likeness (QED) is 0.692. The van der Waals surface area contributed by atoms with Crippen LogP contribution in [0.15, 0.2) is 66.7 Å². The first-order valence-corrected chi connectivity index (χ1v) is 7.61. The third-order valence-electron chi connectivity index (χ3n) is 3.78. The highest BCUT2D eigenvalue weighted by molar-refractivity contribution is 5.95. The highest BCUT2D eigenvalue weighted by Gasteiger charge is 2.11. The number of carboxylic acid groups (broad SMARTS) is 1. The Labute approximate surface area is 144 Å². The van der Waals surface area contributed by atoms with Crippen molar-refractivity contribution in [3.8, 4) is 16.9 Å². The van der Waals surface area contributed by atoms with Crippen LogP contribution in [0.1, 0.15) is 10.4 Å². The lowest BCUT2D eigenvalue weighted by atomic mass is 10.0. The molecule has 0 aliphatic carbocycles. The Morgan fingerprint density at radius 1 is 1.00 bits per heavy atom. The molecule has 2 N–H and O–H groups in total. The summed E-state index contributed by atoms with van der Waals surface area (Å²) in [6, 6.07) is 18.6. The molecule has 0 unspecified atom stereocenters. The van der Waals surface area contributed by atoms with Crippen molar-refractivity contribution in [1.29, 1.82) is 0 Å². The van der Waals surface area contributed by atoms with Gasteiger partial charge in [-0.15, -0.1) is 0 Å². The highest BCUT2D eigenvalue weighted by atomic mass is 19.1. The third kappa shape index (κ3) is 3.77. The van der Waals surface area contributed by atoms with Crippen molar-refractivity contribution in [2.45, 2.75) is 0 Å². The number of hydrogen-bond donors (Lipinski definition) is 2. The fraction of sp³-hybridized carbons (Fsp3) is 0.0500. The average Bonchev–Trinajstić information content (AvgIpc) is 2.62. The van der Waals surface area contributed by atoms with E-state index in [0.29, 0.717) is 5.69 Å². The maximum absolute atomic E-state index is 13.5. The van der Waals surface area contributed by atoms with E-state index in [2.05, 4.69) is 5.32 Å². The summed E-state index contributed by atoms with van der Waals surface area (Å²) < 4.78 is 18.6. The molecule has 3 aromatic carbocycles. The van der Waals surface area contributed by atoms with E-state index in [0.717, 1.165) is 22.9 Å². The Morgan fingerprint density at radius 3 is 2.44 bits per heavy atom. The van der Waals surface area contributed by atoms with Gasteiger partial charge in [0.1, 0.15) is 11.6 Å². The summed E-state index contributed by atoms with van der Waals surface area (Å²) in [5, 5.41) is 12.2. The molecule has 0 fully saturated rings. The maximum Gasteiger partial charge on any atom is 0.337 e.